The standard InChI is InChI=1S/C21H28O4/c1-5-6-7-13-11-16-18(19(22)17(13)20(23)24)14-10-12(2)8-9-15(14)21(3,4)25-16/h8,11,14-15,22H,5-7,9-10H2,1-4H3,(H,23,24)/t14-,15-/m1/s1. The molecule has 1 aromatic carbocycles. The average Bonchev–Trinajstić information content (AvgIpc) is 2.51. The van der Waals surface area contributed by atoms with E-state index in [1.165, 1.54) is 5.57 Å². The van der Waals surface area contributed by atoms with E-state index in [4.69, 9.17) is 4.74 Å². The lowest BCUT2D eigenvalue weighted by Crippen LogP contribution is -2.45. The fraction of sp³-hybridized carbons (Fsp3) is 0.571. The Balaban J connectivity index is 2.18. The van der Waals surface area contributed by atoms with E-state index >= 15 is 0 Å². The Bertz CT molecular complexity index is 730. The van der Waals surface area contributed by atoms with Gasteiger partial charge in [-0.05, 0) is 58.1 Å². The first-order valence-electron chi connectivity index (χ1n) is 9.23. The van der Waals surface area contributed by atoms with Gasteiger partial charge < -0.3 is 14.9 Å². The van der Waals surface area contributed by atoms with Crippen LogP contribution in [0.25, 0.3) is 0 Å². The van der Waals surface area contributed by atoms with Crippen LogP contribution in [-0.4, -0.2) is 21.8 Å². The topological polar surface area (TPSA) is 66.8 Å². The molecule has 136 valence electrons. The van der Waals surface area contributed by atoms with Gasteiger partial charge in [-0.1, -0.05) is 25.0 Å². The molecule has 2 aliphatic rings. The van der Waals surface area contributed by atoms with Gasteiger partial charge in [-0.25, -0.2) is 4.79 Å². The van der Waals surface area contributed by atoms with E-state index in [0.717, 1.165) is 25.7 Å². The lowest BCUT2D eigenvalue weighted by atomic mass is 9.66. The molecule has 0 spiro atoms. The third kappa shape index (κ3) is 3.03. The highest BCUT2D eigenvalue weighted by Crippen LogP contribution is 2.55. The number of unbranched alkanes of at least 4 members (excludes halogenated alkanes) is 1. The van der Waals surface area contributed by atoms with Crippen LogP contribution in [-0.2, 0) is 6.42 Å². The van der Waals surface area contributed by atoms with Gasteiger partial charge in [0.25, 0.3) is 0 Å². The van der Waals surface area contributed by atoms with Crippen LogP contribution in [0.4, 0.5) is 0 Å². The lowest BCUT2D eigenvalue weighted by molar-refractivity contribution is 0.00743. The summed E-state index contributed by atoms with van der Waals surface area (Å²) in [7, 11) is 0. The first-order valence-corrected chi connectivity index (χ1v) is 9.23. The molecule has 4 heteroatoms. The minimum atomic E-state index is -1.06. The number of rotatable bonds is 4. The molecule has 1 aliphatic heterocycles. The zero-order valence-corrected chi connectivity index (χ0v) is 15.6. The highest BCUT2D eigenvalue weighted by molar-refractivity contribution is 5.94. The van der Waals surface area contributed by atoms with Crippen molar-refractivity contribution in [1.29, 1.82) is 0 Å². The van der Waals surface area contributed by atoms with Crippen LogP contribution in [0, 0.1) is 5.92 Å². The molecule has 0 unspecified atom stereocenters. The number of benzene rings is 1. The number of phenols is 1. The Kier molecular flexibility index (Phi) is 4.56. The number of carboxylic acids is 1. The molecule has 0 saturated carbocycles. The molecule has 2 N–H and O–H groups in total. The van der Waals surface area contributed by atoms with E-state index in [1.807, 2.05) is 6.07 Å². The number of aryl methyl sites for hydroxylation is 1. The minimum absolute atomic E-state index is 0.0569. The van der Waals surface area contributed by atoms with Crippen LogP contribution in [0.3, 0.4) is 0 Å². The number of hydrogen-bond donors (Lipinski definition) is 2. The second-order valence-corrected chi connectivity index (χ2v) is 7.99. The van der Waals surface area contributed by atoms with Crippen molar-refractivity contribution in [3.63, 3.8) is 0 Å². The van der Waals surface area contributed by atoms with Crippen LogP contribution in [0.1, 0.15) is 80.8 Å². The molecule has 25 heavy (non-hydrogen) atoms. The number of aromatic carboxylic acids is 1. The van der Waals surface area contributed by atoms with Gasteiger partial charge in [0, 0.05) is 17.4 Å². The summed E-state index contributed by atoms with van der Waals surface area (Å²) in [5.41, 5.74) is 2.36. The molecular formula is C21H28O4. The number of allylic oxidation sites excluding steroid dienone is 2. The zero-order valence-electron chi connectivity index (χ0n) is 15.6. The largest absolute Gasteiger partial charge is 0.507 e. The number of carbonyl (C=O) groups is 1. The maximum Gasteiger partial charge on any atom is 0.339 e. The Labute approximate surface area is 149 Å². The monoisotopic (exact) mass is 344 g/mol. The van der Waals surface area contributed by atoms with E-state index in [0.29, 0.717) is 23.3 Å². The molecule has 1 aromatic rings. The summed E-state index contributed by atoms with van der Waals surface area (Å²) in [5.74, 6) is -0.151. The second kappa shape index (κ2) is 6.40. The van der Waals surface area contributed by atoms with E-state index in [1.54, 1.807) is 0 Å². The van der Waals surface area contributed by atoms with Crippen LogP contribution >= 0.6 is 0 Å². The first kappa shape index (κ1) is 17.8. The van der Waals surface area contributed by atoms with Gasteiger partial charge in [-0.3, -0.25) is 0 Å². The number of ether oxygens (including phenoxy) is 1. The molecule has 0 aromatic heterocycles. The maximum absolute atomic E-state index is 11.8. The first-order chi connectivity index (χ1) is 11.8. The second-order valence-electron chi connectivity index (χ2n) is 7.99. The minimum Gasteiger partial charge on any atom is -0.507 e. The van der Waals surface area contributed by atoms with Crippen molar-refractivity contribution in [2.45, 2.75) is 71.3 Å². The van der Waals surface area contributed by atoms with Crippen molar-refractivity contribution in [2.24, 2.45) is 5.92 Å². The molecule has 4 nitrogen and oxygen atoms in total. The van der Waals surface area contributed by atoms with Gasteiger partial charge in [0.2, 0.25) is 0 Å². The third-order valence-electron chi connectivity index (χ3n) is 5.78. The Morgan fingerprint density at radius 2 is 2.12 bits per heavy atom. The van der Waals surface area contributed by atoms with Crippen molar-refractivity contribution in [3.8, 4) is 11.5 Å². The predicted molar refractivity (Wildman–Crippen MR) is 97.6 cm³/mol. The number of fused-ring (bicyclic) bond motifs is 3. The van der Waals surface area contributed by atoms with E-state index < -0.39 is 5.97 Å². The van der Waals surface area contributed by atoms with Crippen LogP contribution in [0.2, 0.25) is 0 Å². The Morgan fingerprint density at radius 3 is 2.76 bits per heavy atom. The maximum atomic E-state index is 11.8. The van der Waals surface area contributed by atoms with Crippen molar-refractivity contribution in [2.75, 3.05) is 0 Å². The van der Waals surface area contributed by atoms with Gasteiger partial charge in [0.1, 0.15) is 22.7 Å². The molecule has 0 fully saturated rings. The molecule has 3 rings (SSSR count). The summed E-state index contributed by atoms with van der Waals surface area (Å²) in [6, 6.07) is 1.86. The molecular weight excluding hydrogens is 316 g/mol. The summed E-state index contributed by atoms with van der Waals surface area (Å²) < 4.78 is 6.28. The van der Waals surface area contributed by atoms with Crippen molar-refractivity contribution < 1.29 is 19.7 Å². The summed E-state index contributed by atoms with van der Waals surface area (Å²) >= 11 is 0. The molecule has 1 aliphatic carbocycles. The quantitative estimate of drug-likeness (QED) is 0.751. The van der Waals surface area contributed by atoms with E-state index in [9.17, 15) is 15.0 Å². The van der Waals surface area contributed by atoms with Crippen molar-refractivity contribution >= 4 is 5.97 Å². The van der Waals surface area contributed by atoms with Crippen molar-refractivity contribution in [3.05, 3.63) is 34.4 Å². The van der Waals surface area contributed by atoms with Gasteiger partial charge >= 0.3 is 5.97 Å². The molecule has 0 amide bonds. The highest BCUT2D eigenvalue weighted by Gasteiger charge is 2.46. The summed E-state index contributed by atoms with van der Waals surface area (Å²) in [4.78, 5) is 11.8. The molecule has 0 bridgehead atoms. The van der Waals surface area contributed by atoms with Crippen molar-refractivity contribution in [1.82, 2.24) is 0 Å². The van der Waals surface area contributed by atoms with Crippen LogP contribution < -0.4 is 4.74 Å². The fourth-order valence-corrected chi connectivity index (χ4v) is 4.45. The van der Waals surface area contributed by atoms with Gasteiger partial charge in [0.15, 0.2) is 0 Å². The van der Waals surface area contributed by atoms with Gasteiger partial charge in [-0.15, -0.1) is 0 Å². The Hall–Kier alpha value is -1.97. The third-order valence-corrected chi connectivity index (χ3v) is 5.78. The molecule has 1 heterocycles. The molecule has 0 radical (unpaired) electrons. The van der Waals surface area contributed by atoms with E-state index in [2.05, 4.69) is 33.8 Å². The molecule has 2 atom stereocenters. The SMILES string of the molecule is CCCCc1cc2c(c(O)c1C(=O)O)[C@@H]1CC(C)=CC[C@H]1C(C)(C)O2. The predicted octanol–water partition coefficient (Wildman–Crippen LogP) is 5.04. The zero-order chi connectivity index (χ0) is 18.4. The van der Waals surface area contributed by atoms with Crippen LogP contribution in [0.15, 0.2) is 17.7 Å². The average molecular weight is 344 g/mol. The number of hydrogen-bond acceptors (Lipinski definition) is 3. The summed E-state index contributed by atoms with van der Waals surface area (Å²) in [6.07, 6.45) is 6.46. The normalized spacial score (nSPS) is 23.9. The van der Waals surface area contributed by atoms with E-state index in [-0.39, 0.29) is 28.7 Å². The summed E-state index contributed by atoms with van der Waals surface area (Å²) in [6.45, 7) is 8.36. The number of carboxylic acid groups (broad SMARTS) is 1. The Morgan fingerprint density at radius 1 is 1.40 bits per heavy atom. The lowest BCUT2D eigenvalue weighted by Gasteiger charge is -2.47. The highest BCUT2D eigenvalue weighted by atomic mass is 16.5. The fourth-order valence-electron chi connectivity index (χ4n) is 4.45. The van der Waals surface area contributed by atoms with Gasteiger partial charge in [0.05, 0.1) is 0 Å². The number of aromatic hydroxyl groups is 1. The van der Waals surface area contributed by atoms with Crippen LogP contribution in [0.5, 0.6) is 11.5 Å². The molecule has 0 saturated heterocycles. The summed E-state index contributed by atoms with van der Waals surface area (Å²) in [5, 5.41) is 20.6. The smallest absolute Gasteiger partial charge is 0.339 e. The van der Waals surface area contributed by atoms with Gasteiger partial charge in [-0.2, -0.15) is 0 Å².